The molecular formula is C14H21NO5. The lowest BCUT2D eigenvalue weighted by Crippen LogP contribution is -2.29. The topological polar surface area (TPSA) is 121 Å². The molecule has 0 heterocycles. The van der Waals surface area contributed by atoms with Gasteiger partial charge in [-0.3, -0.25) is 4.79 Å². The predicted molar refractivity (Wildman–Crippen MR) is 74.3 cm³/mol. The molecule has 0 aliphatic heterocycles. The molecule has 1 atom stereocenters. The van der Waals surface area contributed by atoms with Crippen molar-refractivity contribution in [3.8, 4) is 0 Å². The second kappa shape index (κ2) is 7.62. The number of carbonyl (C=O) groups is 2. The summed E-state index contributed by atoms with van der Waals surface area (Å²) in [4.78, 5) is 19.4. The van der Waals surface area contributed by atoms with Crippen molar-refractivity contribution >= 4 is 11.9 Å². The molecule has 0 amide bonds. The van der Waals surface area contributed by atoms with Crippen LogP contribution in [0.4, 0.5) is 0 Å². The summed E-state index contributed by atoms with van der Waals surface area (Å²) in [5.41, 5.74) is 8.23. The highest BCUT2D eigenvalue weighted by molar-refractivity contribution is 5.79. The molecule has 0 radical (unpaired) electrons. The first kappa shape index (κ1) is 18.1. The number of hydrogen-bond acceptors (Lipinski definition) is 4. The summed E-state index contributed by atoms with van der Waals surface area (Å²) in [7, 11) is 0. The Morgan fingerprint density at radius 1 is 1.25 bits per heavy atom. The van der Waals surface area contributed by atoms with Gasteiger partial charge in [0.05, 0.1) is 6.42 Å². The average Bonchev–Trinajstić information content (AvgIpc) is 2.27. The Hall–Kier alpha value is -1.92. The summed E-state index contributed by atoms with van der Waals surface area (Å²) in [6.45, 7) is 6.13. The van der Waals surface area contributed by atoms with Gasteiger partial charge in [0.15, 0.2) is 6.10 Å². The maximum atomic E-state index is 9.72. The van der Waals surface area contributed by atoms with Crippen LogP contribution in [0.3, 0.4) is 0 Å². The van der Waals surface area contributed by atoms with Crippen LogP contribution in [-0.4, -0.2) is 33.4 Å². The van der Waals surface area contributed by atoms with E-state index >= 15 is 0 Å². The number of benzene rings is 1. The smallest absolute Gasteiger partial charge is 0.333 e. The van der Waals surface area contributed by atoms with Gasteiger partial charge in [-0.15, -0.1) is 0 Å². The Morgan fingerprint density at radius 3 is 2.00 bits per heavy atom. The van der Waals surface area contributed by atoms with Gasteiger partial charge in [-0.1, -0.05) is 24.3 Å². The average molecular weight is 283 g/mol. The van der Waals surface area contributed by atoms with Crippen LogP contribution in [0, 0.1) is 6.92 Å². The lowest BCUT2D eigenvalue weighted by atomic mass is 9.92. The van der Waals surface area contributed by atoms with Gasteiger partial charge in [-0.25, -0.2) is 4.79 Å². The molecule has 20 heavy (non-hydrogen) atoms. The first-order valence-corrected chi connectivity index (χ1v) is 6.03. The van der Waals surface area contributed by atoms with Gasteiger partial charge in [0, 0.05) is 5.54 Å². The van der Waals surface area contributed by atoms with Gasteiger partial charge in [0.1, 0.15) is 0 Å². The molecule has 0 spiro atoms. The van der Waals surface area contributed by atoms with Crippen molar-refractivity contribution in [1.29, 1.82) is 0 Å². The van der Waals surface area contributed by atoms with Crippen molar-refractivity contribution in [2.24, 2.45) is 5.73 Å². The molecule has 6 nitrogen and oxygen atoms in total. The van der Waals surface area contributed by atoms with E-state index < -0.39 is 24.5 Å². The van der Waals surface area contributed by atoms with Crippen molar-refractivity contribution in [2.75, 3.05) is 0 Å². The van der Waals surface area contributed by atoms with Gasteiger partial charge in [0.2, 0.25) is 0 Å². The molecule has 112 valence electrons. The third kappa shape index (κ3) is 6.86. The Labute approximate surface area is 117 Å². The quantitative estimate of drug-likeness (QED) is 0.656. The lowest BCUT2D eigenvalue weighted by Gasteiger charge is -2.21. The van der Waals surface area contributed by atoms with Gasteiger partial charge in [-0.2, -0.15) is 0 Å². The molecule has 0 saturated heterocycles. The third-order valence-corrected chi connectivity index (χ3v) is 2.49. The molecule has 0 aliphatic rings. The molecule has 1 aromatic carbocycles. The molecule has 6 heteroatoms. The van der Waals surface area contributed by atoms with Crippen molar-refractivity contribution in [2.45, 2.75) is 38.8 Å². The molecule has 1 unspecified atom stereocenters. The highest BCUT2D eigenvalue weighted by Crippen LogP contribution is 2.19. The number of nitrogens with two attached hydrogens (primary N) is 1. The predicted octanol–water partition coefficient (Wildman–Crippen LogP) is 1.10. The first-order chi connectivity index (χ1) is 9.05. The second-order valence-corrected chi connectivity index (χ2v) is 4.99. The summed E-state index contributed by atoms with van der Waals surface area (Å²) in [5.74, 6) is -2.85. The van der Waals surface area contributed by atoms with E-state index in [-0.39, 0.29) is 5.54 Å². The summed E-state index contributed by atoms with van der Waals surface area (Å²) in [6.07, 6.45) is -2.54. The van der Waals surface area contributed by atoms with E-state index in [1.807, 2.05) is 26.0 Å². The highest BCUT2D eigenvalue weighted by atomic mass is 16.4. The summed E-state index contributed by atoms with van der Waals surface area (Å²) < 4.78 is 0. The molecular weight excluding hydrogens is 262 g/mol. The third-order valence-electron chi connectivity index (χ3n) is 2.49. The van der Waals surface area contributed by atoms with Crippen molar-refractivity contribution < 1.29 is 24.9 Å². The van der Waals surface area contributed by atoms with Crippen LogP contribution in [0.1, 0.15) is 31.4 Å². The Bertz CT molecular complexity index is 465. The number of carboxylic acid groups (broad SMARTS) is 2. The number of aliphatic carboxylic acids is 2. The van der Waals surface area contributed by atoms with E-state index in [2.05, 4.69) is 19.1 Å². The molecule has 1 aromatic rings. The van der Waals surface area contributed by atoms with Crippen LogP contribution in [0.15, 0.2) is 24.3 Å². The molecule has 0 saturated carbocycles. The number of aliphatic hydroxyl groups is 1. The maximum absolute atomic E-state index is 9.72. The fourth-order valence-electron chi connectivity index (χ4n) is 1.55. The fourth-order valence-corrected chi connectivity index (χ4v) is 1.55. The van der Waals surface area contributed by atoms with E-state index in [4.69, 9.17) is 21.1 Å². The summed E-state index contributed by atoms with van der Waals surface area (Å²) in [5, 5.41) is 24.1. The number of aliphatic hydroxyl groups excluding tert-OH is 1. The van der Waals surface area contributed by atoms with E-state index in [0.29, 0.717) is 0 Å². The number of carboxylic acids is 2. The van der Waals surface area contributed by atoms with E-state index in [1.54, 1.807) is 0 Å². The Morgan fingerprint density at radius 2 is 1.75 bits per heavy atom. The fraction of sp³-hybridized carbons (Fsp3) is 0.429. The highest BCUT2D eigenvalue weighted by Gasteiger charge is 2.16. The molecule has 5 N–H and O–H groups in total. The second-order valence-electron chi connectivity index (χ2n) is 4.99. The van der Waals surface area contributed by atoms with Gasteiger partial charge >= 0.3 is 11.9 Å². The number of rotatable bonds is 4. The minimum Gasteiger partial charge on any atom is -0.481 e. The number of aryl methyl sites for hydroxylation is 1. The molecule has 0 fully saturated rings. The minimum atomic E-state index is -1.79. The Kier molecular flexibility index (Phi) is 6.89. The SMILES string of the molecule is Cc1ccccc1C(C)(C)N.O=C(O)CC(O)C(=O)O. The molecule has 0 aliphatic carbocycles. The van der Waals surface area contributed by atoms with Crippen LogP contribution < -0.4 is 5.73 Å². The summed E-state index contributed by atoms with van der Waals surface area (Å²) >= 11 is 0. The van der Waals surface area contributed by atoms with Crippen LogP contribution in [0.5, 0.6) is 0 Å². The van der Waals surface area contributed by atoms with Crippen LogP contribution in [-0.2, 0) is 15.1 Å². The standard InChI is InChI=1S/C10H15N.C4H6O5/c1-8-6-4-5-7-9(8)10(2,3)11;5-2(4(8)9)1-3(6)7/h4-7H,11H2,1-3H3;2,5H,1H2,(H,6,7)(H,8,9). The van der Waals surface area contributed by atoms with E-state index in [0.717, 1.165) is 0 Å². The maximum Gasteiger partial charge on any atom is 0.333 e. The van der Waals surface area contributed by atoms with Crippen molar-refractivity contribution in [3.63, 3.8) is 0 Å². The largest absolute Gasteiger partial charge is 0.481 e. The monoisotopic (exact) mass is 283 g/mol. The van der Waals surface area contributed by atoms with Crippen LogP contribution in [0.25, 0.3) is 0 Å². The van der Waals surface area contributed by atoms with E-state index in [9.17, 15) is 9.59 Å². The zero-order valence-electron chi connectivity index (χ0n) is 11.8. The van der Waals surface area contributed by atoms with Crippen LogP contribution >= 0.6 is 0 Å². The Balaban J connectivity index is 0.000000370. The number of hydrogen-bond donors (Lipinski definition) is 4. The van der Waals surface area contributed by atoms with Gasteiger partial charge < -0.3 is 21.1 Å². The van der Waals surface area contributed by atoms with Crippen LogP contribution in [0.2, 0.25) is 0 Å². The van der Waals surface area contributed by atoms with E-state index in [1.165, 1.54) is 11.1 Å². The minimum absolute atomic E-state index is 0.217. The normalized spacial score (nSPS) is 12.1. The van der Waals surface area contributed by atoms with Crippen molar-refractivity contribution in [3.05, 3.63) is 35.4 Å². The van der Waals surface area contributed by atoms with Gasteiger partial charge in [-0.05, 0) is 31.9 Å². The van der Waals surface area contributed by atoms with Gasteiger partial charge in [0.25, 0.3) is 0 Å². The zero-order chi connectivity index (χ0) is 15.9. The molecule has 0 bridgehead atoms. The first-order valence-electron chi connectivity index (χ1n) is 6.03. The molecule has 0 aromatic heterocycles. The lowest BCUT2D eigenvalue weighted by molar-refractivity contribution is -0.152. The molecule has 1 rings (SSSR count). The van der Waals surface area contributed by atoms with Crippen molar-refractivity contribution in [1.82, 2.24) is 0 Å². The summed E-state index contributed by atoms with van der Waals surface area (Å²) in [6, 6.07) is 8.22. The zero-order valence-corrected chi connectivity index (χ0v) is 11.8.